The third-order valence-electron chi connectivity index (χ3n) is 10.2. The lowest BCUT2D eigenvalue weighted by atomic mass is 9.93. The molecule has 8 aromatic carbocycles. The highest BCUT2D eigenvalue weighted by Crippen LogP contribution is 2.41. The van der Waals surface area contributed by atoms with Crippen LogP contribution in [0.15, 0.2) is 202 Å². The monoisotopic (exact) mass is 679 g/mol. The SMILES string of the molecule is c1ccc(C2=NC(c3ccc(-c4ccc(-c5ccccc5)cc4)c4oc5ccccc5c34)NC(c3ccc(-c4ccccc4)c4ccccc34)=N2)cc1. The molecule has 250 valence electrons. The fourth-order valence-electron chi connectivity index (χ4n) is 7.62. The van der Waals surface area contributed by atoms with Crippen molar-refractivity contribution in [2.24, 2.45) is 9.98 Å². The minimum absolute atomic E-state index is 0.428. The third kappa shape index (κ3) is 5.49. The first-order valence-corrected chi connectivity index (χ1v) is 17.9. The highest BCUT2D eigenvalue weighted by molar-refractivity contribution is 6.19. The lowest BCUT2D eigenvalue weighted by Crippen LogP contribution is -2.33. The van der Waals surface area contributed by atoms with Crippen LogP contribution in [0.2, 0.25) is 0 Å². The first kappa shape index (κ1) is 30.8. The van der Waals surface area contributed by atoms with E-state index >= 15 is 0 Å². The number of benzene rings is 8. The molecule has 10 rings (SSSR count). The molecular formula is C49H33N3O. The molecule has 0 bridgehead atoms. The van der Waals surface area contributed by atoms with Crippen LogP contribution in [0.5, 0.6) is 0 Å². The summed E-state index contributed by atoms with van der Waals surface area (Å²) in [6.07, 6.45) is -0.428. The lowest BCUT2D eigenvalue weighted by molar-refractivity contribution is 0.663. The van der Waals surface area contributed by atoms with Crippen LogP contribution < -0.4 is 5.32 Å². The summed E-state index contributed by atoms with van der Waals surface area (Å²) in [6, 6.07) is 65.6. The van der Waals surface area contributed by atoms with Gasteiger partial charge in [0.25, 0.3) is 0 Å². The van der Waals surface area contributed by atoms with E-state index in [1.54, 1.807) is 0 Å². The number of fused-ring (bicyclic) bond motifs is 4. The first-order chi connectivity index (χ1) is 26.3. The molecule has 0 saturated carbocycles. The van der Waals surface area contributed by atoms with Gasteiger partial charge in [0, 0.05) is 33.0 Å². The van der Waals surface area contributed by atoms with Crippen molar-refractivity contribution in [1.82, 2.24) is 5.32 Å². The highest BCUT2D eigenvalue weighted by Gasteiger charge is 2.27. The van der Waals surface area contributed by atoms with Crippen molar-refractivity contribution in [3.05, 3.63) is 205 Å². The summed E-state index contributed by atoms with van der Waals surface area (Å²) in [7, 11) is 0. The number of para-hydroxylation sites is 1. The van der Waals surface area contributed by atoms with Gasteiger partial charge in [-0.15, -0.1) is 0 Å². The van der Waals surface area contributed by atoms with Crippen LogP contribution in [0.1, 0.15) is 22.9 Å². The fraction of sp³-hybridized carbons (Fsp3) is 0.0204. The second-order valence-corrected chi connectivity index (χ2v) is 13.3. The molecule has 9 aromatic rings. The van der Waals surface area contributed by atoms with Gasteiger partial charge in [-0.1, -0.05) is 182 Å². The number of hydrogen-bond acceptors (Lipinski definition) is 4. The summed E-state index contributed by atoms with van der Waals surface area (Å²) in [6.45, 7) is 0. The maximum atomic E-state index is 6.71. The molecule has 1 N–H and O–H groups in total. The van der Waals surface area contributed by atoms with Gasteiger partial charge in [-0.3, -0.25) is 0 Å². The number of aliphatic imine (C=N–C) groups is 2. The maximum Gasteiger partial charge on any atom is 0.159 e. The highest BCUT2D eigenvalue weighted by atomic mass is 16.3. The molecule has 2 heterocycles. The van der Waals surface area contributed by atoms with Crippen LogP contribution in [0.4, 0.5) is 0 Å². The Morgan fingerprint density at radius 1 is 0.415 bits per heavy atom. The van der Waals surface area contributed by atoms with Gasteiger partial charge in [0.2, 0.25) is 0 Å². The van der Waals surface area contributed by atoms with Gasteiger partial charge in [0.15, 0.2) is 5.84 Å². The summed E-state index contributed by atoms with van der Waals surface area (Å²) in [5, 5.41) is 8.19. The Balaban J connectivity index is 1.13. The summed E-state index contributed by atoms with van der Waals surface area (Å²) >= 11 is 0. The molecule has 0 fully saturated rings. The summed E-state index contributed by atoms with van der Waals surface area (Å²) < 4.78 is 6.71. The Morgan fingerprint density at radius 2 is 0.925 bits per heavy atom. The topological polar surface area (TPSA) is 49.9 Å². The van der Waals surface area contributed by atoms with E-state index in [2.05, 4.69) is 157 Å². The quantitative estimate of drug-likeness (QED) is 0.190. The Bertz CT molecular complexity index is 2840. The Hall–Kier alpha value is -7.04. The van der Waals surface area contributed by atoms with Gasteiger partial charge < -0.3 is 9.73 Å². The van der Waals surface area contributed by atoms with E-state index in [0.29, 0.717) is 5.84 Å². The van der Waals surface area contributed by atoms with E-state index < -0.39 is 6.17 Å². The standard InChI is InChI=1S/C49H33N3O/c1-4-14-32(15-5-1)33-24-26-35(27-25-33)38-29-31-43(45-42-22-12-13-23-44(42)53-46(38)45)49-51-47(36-18-8-3-9-19-36)50-48(52-49)41-30-28-37(34-16-6-2-7-17-34)39-20-10-11-21-40(39)41/h1-31,49H,(H,50,51,52). The zero-order chi connectivity index (χ0) is 35.1. The second kappa shape index (κ2) is 12.9. The van der Waals surface area contributed by atoms with Crippen LogP contribution in [0.25, 0.3) is 66.1 Å². The lowest BCUT2D eigenvalue weighted by Gasteiger charge is -2.25. The average Bonchev–Trinajstić information content (AvgIpc) is 3.64. The van der Waals surface area contributed by atoms with Crippen LogP contribution in [0, 0.1) is 0 Å². The van der Waals surface area contributed by atoms with Gasteiger partial charge in [0.1, 0.15) is 23.2 Å². The normalized spacial score (nSPS) is 14.2. The summed E-state index contributed by atoms with van der Waals surface area (Å²) in [4.78, 5) is 10.5. The minimum atomic E-state index is -0.428. The maximum absolute atomic E-state index is 6.71. The predicted molar refractivity (Wildman–Crippen MR) is 219 cm³/mol. The molecule has 1 aliphatic rings. The molecule has 0 radical (unpaired) electrons. The van der Waals surface area contributed by atoms with Gasteiger partial charge in [-0.25, -0.2) is 9.98 Å². The summed E-state index contributed by atoms with van der Waals surface area (Å²) in [5.74, 6) is 1.46. The fourth-order valence-corrected chi connectivity index (χ4v) is 7.62. The van der Waals surface area contributed by atoms with Gasteiger partial charge in [-0.2, -0.15) is 0 Å². The van der Waals surface area contributed by atoms with Crippen molar-refractivity contribution in [1.29, 1.82) is 0 Å². The van der Waals surface area contributed by atoms with Crippen molar-refractivity contribution in [3.63, 3.8) is 0 Å². The molecule has 0 amide bonds. The van der Waals surface area contributed by atoms with Crippen molar-refractivity contribution in [2.75, 3.05) is 0 Å². The molecule has 1 aliphatic heterocycles. The van der Waals surface area contributed by atoms with E-state index in [1.807, 2.05) is 36.4 Å². The molecule has 1 atom stereocenters. The predicted octanol–water partition coefficient (Wildman–Crippen LogP) is 12.2. The Labute approximate surface area is 307 Å². The smallest absolute Gasteiger partial charge is 0.159 e. The van der Waals surface area contributed by atoms with Crippen molar-refractivity contribution in [2.45, 2.75) is 6.17 Å². The van der Waals surface area contributed by atoms with E-state index in [4.69, 9.17) is 14.4 Å². The molecular weight excluding hydrogens is 647 g/mol. The Morgan fingerprint density at radius 3 is 1.64 bits per heavy atom. The molecule has 4 heteroatoms. The first-order valence-electron chi connectivity index (χ1n) is 17.9. The van der Waals surface area contributed by atoms with E-state index in [1.165, 1.54) is 27.6 Å². The number of furan rings is 1. The molecule has 0 aliphatic carbocycles. The zero-order valence-electron chi connectivity index (χ0n) is 28.8. The summed E-state index contributed by atoms with van der Waals surface area (Å²) in [5.41, 5.74) is 11.6. The van der Waals surface area contributed by atoms with E-state index in [-0.39, 0.29) is 0 Å². The van der Waals surface area contributed by atoms with Crippen molar-refractivity contribution >= 4 is 44.4 Å². The molecule has 1 aromatic heterocycles. The third-order valence-corrected chi connectivity index (χ3v) is 10.2. The molecule has 53 heavy (non-hydrogen) atoms. The largest absolute Gasteiger partial charge is 0.455 e. The minimum Gasteiger partial charge on any atom is -0.455 e. The van der Waals surface area contributed by atoms with Gasteiger partial charge in [0.05, 0.1) is 0 Å². The molecule has 0 saturated heterocycles. The van der Waals surface area contributed by atoms with Crippen LogP contribution in [-0.2, 0) is 0 Å². The number of hydrogen-bond donors (Lipinski definition) is 1. The zero-order valence-corrected chi connectivity index (χ0v) is 28.8. The van der Waals surface area contributed by atoms with Crippen molar-refractivity contribution in [3.8, 4) is 33.4 Å². The van der Waals surface area contributed by atoms with Gasteiger partial charge >= 0.3 is 0 Å². The van der Waals surface area contributed by atoms with Gasteiger partial charge in [-0.05, 0) is 44.7 Å². The second-order valence-electron chi connectivity index (χ2n) is 13.3. The van der Waals surface area contributed by atoms with Crippen LogP contribution >= 0.6 is 0 Å². The van der Waals surface area contributed by atoms with Crippen LogP contribution in [-0.4, -0.2) is 11.7 Å². The molecule has 4 nitrogen and oxygen atoms in total. The van der Waals surface area contributed by atoms with Crippen LogP contribution in [0.3, 0.4) is 0 Å². The number of amidine groups is 2. The molecule has 1 unspecified atom stereocenters. The number of rotatable bonds is 6. The number of nitrogens with one attached hydrogen (secondary N) is 1. The van der Waals surface area contributed by atoms with E-state index in [0.717, 1.165) is 61.0 Å². The van der Waals surface area contributed by atoms with E-state index in [9.17, 15) is 0 Å². The number of nitrogens with zero attached hydrogens (tertiary/aromatic N) is 2. The average molecular weight is 680 g/mol. The Kier molecular flexibility index (Phi) is 7.51. The van der Waals surface area contributed by atoms with Crippen molar-refractivity contribution < 1.29 is 4.42 Å². The molecule has 0 spiro atoms.